The van der Waals surface area contributed by atoms with E-state index in [9.17, 15) is 4.79 Å². The Balaban J connectivity index is 3.86. The first-order valence-corrected chi connectivity index (χ1v) is 8.96. The van der Waals surface area contributed by atoms with Crippen LogP contribution in [0.5, 0.6) is 0 Å². The fourth-order valence-corrected chi connectivity index (χ4v) is 2.76. The second kappa shape index (κ2) is 14.4. The summed E-state index contributed by atoms with van der Waals surface area (Å²) in [4.78, 5) is 16.6. The number of hydrogen-bond donors (Lipinski definition) is 0. The Morgan fingerprint density at radius 3 is 2.10 bits per heavy atom. The zero-order valence-electron chi connectivity index (χ0n) is 14.8. The molecule has 0 saturated heterocycles. The predicted molar refractivity (Wildman–Crippen MR) is 90.0 cm³/mol. The Bertz CT molecular complexity index is 243. The van der Waals surface area contributed by atoms with E-state index in [2.05, 4.69) is 13.8 Å². The van der Waals surface area contributed by atoms with Crippen LogP contribution in [-0.4, -0.2) is 25.1 Å². The van der Waals surface area contributed by atoms with Gasteiger partial charge in [0.15, 0.2) is 0 Å². The standard InChI is InChI=1S/C18H37NO2/c1-5-7-9-10-11-14-17(13-8-6-2)15-12-16-18(20)19(3)21-4/h17H,5-16H2,1-4H3. The van der Waals surface area contributed by atoms with Gasteiger partial charge < -0.3 is 0 Å². The lowest BCUT2D eigenvalue weighted by atomic mass is 9.90. The van der Waals surface area contributed by atoms with Crippen LogP contribution in [-0.2, 0) is 9.63 Å². The van der Waals surface area contributed by atoms with Gasteiger partial charge in [-0.3, -0.25) is 9.63 Å². The molecule has 0 aliphatic carbocycles. The van der Waals surface area contributed by atoms with E-state index in [0.29, 0.717) is 6.42 Å². The van der Waals surface area contributed by atoms with Gasteiger partial charge in [-0.25, -0.2) is 5.06 Å². The maximum Gasteiger partial charge on any atom is 0.245 e. The van der Waals surface area contributed by atoms with Crippen LogP contribution >= 0.6 is 0 Å². The number of hydrogen-bond acceptors (Lipinski definition) is 2. The quantitative estimate of drug-likeness (QED) is 0.320. The zero-order valence-corrected chi connectivity index (χ0v) is 14.8. The van der Waals surface area contributed by atoms with Crippen LogP contribution in [0.4, 0.5) is 0 Å². The number of nitrogens with zero attached hydrogens (tertiary/aromatic N) is 1. The molecular weight excluding hydrogens is 262 g/mol. The largest absolute Gasteiger partial charge is 0.275 e. The molecule has 0 fully saturated rings. The molecule has 0 N–H and O–H groups in total. The summed E-state index contributed by atoms with van der Waals surface area (Å²) in [6.07, 6.45) is 14.9. The molecule has 1 amide bonds. The third-order valence-electron chi connectivity index (χ3n) is 4.31. The average molecular weight is 299 g/mol. The normalized spacial score (nSPS) is 12.4. The van der Waals surface area contributed by atoms with Gasteiger partial charge in [-0.15, -0.1) is 0 Å². The van der Waals surface area contributed by atoms with Gasteiger partial charge in [0, 0.05) is 13.5 Å². The van der Waals surface area contributed by atoms with Crippen molar-refractivity contribution < 1.29 is 9.63 Å². The lowest BCUT2D eigenvalue weighted by Gasteiger charge is -2.18. The van der Waals surface area contributed by atoms with Crippen molar-refractivity contribution in [1.29, 1.82) is 0 Å². The number of amides is 1. The van der Waals surface area contributed by atoms with Crippen LogP contribution in [0.15, 0.2) is 0 Å². The summed E-state index contributed by atoms with van der Waals surface area (Å²) in [5.74, 6) is 0.905. The summed E-state index contributed by atoms with van der Waals surface area (Å²) in [5, 5.41) is 1.34. The van der Waals surface area contributed by atoms with Crippen molar-refractivity contribution in [3.05, 3.63) is 0 Å². The van der Waals surface area contributed by atoms with E-state index >= 15 is 0 Å². The molecule has 21 heavy (non-hydrogen) atoms. The first kappa shape index (κ1) is 20.4. The van der Waals surface area contributed by atoms with E-state index in [1.165, 1.54) is 76.4 Å². The van der Waals surface area contributed by atoms with Crippen molar-refractivity contribution >= 4 is 5.91 Å². The van der Waals surface area contributed by atoms with Crippen molar-refractivity contribution in [1.82, 2.24) is 5.06 Å². The number of carbonyl (C=O) groups is 1. The number of unbranched alkanes of at least 4 members (excludes halogenated alkanes) is 5. The van der Waals surface area contributed by atoms with E-state index in [-0.39, 0.29) is 5.91 Å². The van der Waals surface area contributed by atoms with Crippen molar-refractivity contribution in [2.75, 3.05) is 14.2 Å². The Hall–Kier alpha value is -0.570. The van der Waals surface area contributed by atoms with Crippen LogP contribution in [0.3, 0.4) is 0 Å². The van der Waals surface area contributed by atoms with E-state index in [1.54, 1.807) is 7.05 Å². The lowest BCUT2D eigenvalue weighted by Crippen LogP contribution is -2.25. The number of rotatable bonds is 14. The van der Waals surface area contributed by atoms with Gasteiger partial charge in [-0.2, -0.15) is 0 Å². The third-order valence-corrected chi connectivity index (χ3v) is 4.31. The molecule has 0 bridgehead atoms. The highest BCUT2D eigenvalue weighted by Gasteiger charge is 2.11. The van der Waals surface area contributed by atoms with E-state index in [4.69, 9.17) is 4.84 Å². The monoisotopic (exact) mass is 299 g/mol. The number of carbonyl (C=O) groups excluding carboxylic acids is 1. The van der Waals surface area contributed by atoms with E-state index < -0.39 is 0 Å². The SMILES string of the molecule is CCCCCCCC(CCCC)CCCC(=O)N(C)OC. The zero-order chi connectivity index (χ0) is 15.9. The summed E-state index contributed by atoms with van der Waals surface area (Å²) < 4.78 is 0. The molecular formula is C18H37NO2. The van der Waals surface area contributed by atoms with Crippen LogP contribution in [0.25, 0.3) is 0 Å². The minimum atomic E-state index is 0.0923. The molecule has 0 saturated carbocycles. The third kappa shape index (κ3) is 11.7. The van der Waals surface area contributed by atoms with Gasteiger partial charge in [0.2, 0.25) is 5.91 Å². The minimum absolute atomic E-state index is 0.0923. The highest BCUT2D eigenvalue weighted by Crippen LogP contribution is 2.23. The fourth-order valence-electron chi connectivity index (χ4n) is 2.76. The maximum absolute atomic E-state index is 11.7. The lowest BCUT2D eigenvalue weighted by molar-refractivity contribution is -0.168. The molecule has 0 heterocycles. The average Bonchev–Trinajstić information content (AvgIpc) is 2.50. The molecule has 1 atom stereocenters. The Labute approximate surface area is 132 Å². The highest BCUT2D eigenvalue weighted by atomic mass is 16.7. The van der Waals surface area contributed by atoms with Crippen molar-refractivity contribution in [2.45, 2.75) is 90.9 Å². The van der Waals surface area contributed by atoms with Crippen molar-refractivity contribution in [2.24, 2.45) is 5.92 Å². The molecule has 0 aliphatic heterocycles. The second-order valence-electron chi connectivity index (χ2n) is 6.18. The van der Waals surface area contributed by atoms with Crippen LogP contribution in [0, 0.1) is 5.92 Å². The second-order valence-corrected chi connectivity index (χ2v) is 6.18. The topological polar surface area (TPSA) is 29.5 Å². The van der Waals surface area contributed by atoms with Crippen LogP contribution < -0.4 is 0 Å². The van der Waals surface area contributed by atoms with E-state index in [1.807, 2.05) is 0 Å². The maximum atomic E-state index is 11.7. The molecule has 126 valence electrons. The van der Waals surface area contributed by atoms with E-state index in [0.717, 1.165) is 12.3 Å². The molecule has 0 aromatic heterocycles. The van der Waals surface area contributed by atoms with Gasteiger partial charge in [0.05, 0.1) is 7.11 Å². The first-order chi connectivity index (χ1) is 10.2. The summed E-state index contributed by atoms with van der Waals surface area (Å²) in [6, 6.07) is 0. The Morgan fingerprint density at radius 2 is 1.48 bits per heavy atom. The van der Waals surface area contributed by atoms with Gasteiger partial charge >= 0.3 is 0 Å². The summed E-state index contributed by atoms with van der Waals surface area (Å²) in [6.45, 7) is 4.52. The highest BCUT2D eigenvalue weighted by molar-refractivity contribution is 5.74. The Kier molecular flexibility index (Phi) is 14.0. The van der Waals surface area contributed by atoms with Crippen molar-refractivity contribution in [3.63, 3.8) is 0 Å². The van der Waals surface area contributed by atoms with Gasteiger partial charge in [-0.1, -0.05) is 71.6 Å². The summed E-state index contributed by atoms with van der Waals surface area (Å²) in [5.41, 5.74) is 0. The molecule has 1 unspecified atom stereocenters. The Morgan fingerprint density at radius 1 is 0.905 bits per heavy atom. The predicted octanol–water partition coefficient (Wildman–Crippen LogP) is 5.34. The smallest absolute Gasteiger partial charge is 0.245 e. The van der Waals surface area contributed by atoms with Gasteiger partial charge in [0.1, 0.15) is 0 Å². The molecule has 0 aromatic rings. The minimum Gasteiger partial charge on any atom is -0.275 e. The molecule has 0 rings (SSSR count). The van der Waals surface area contributed by atoms with Crippen LogP contribution in [0.1, 0.15) is 90.9 Å². The van der Waals surface area contributed by atoms with Crippen LogP contribution in [0.2, 0.25) is 0 Å². The molecule has 0 radical (unpaired) electrons. The molecule has 0 spiro atoms. The molecule has 0 aliphatic rings. The molecule has 3 heteroatoms. The van der Waals surface area contributed by atoms with Gasteiger partial charge in [-0.05, 0) is 18.8 Å². The number of hydroxylamine groups is 2. The van der Waals surface area contributed by atoms with Gasteiger partial charge in [0.25, 0.3) is 0 Å². The fraction of sp³-hybridized carbons (Fsp3) is 0.944. The summed E-state index contributed by atoms with van der Waals surface area (Å²) in [7, 11) is 3.23. The van der Waals surface area contributed by atoms with Crippen molar-refractivity contribution in [3.8, 4) is 0 Å². The first-order valence-electron chi connectivity index (χ1n) is 8.96. The summed E-state index contributed by atoms with van der Waals surface area (Å²) >= 11 is 0. The molecule has 3 nitrogen and oxygen atoms in total. The molecule has 0 aromatic carbocycles.